The second kappa shape index (κ2) is 4.45. The van der Waals surface area contributed by atoms with E-state index in [0.717, 1.165) is 22.3 Å². The number of benzene rings is 1. The number of rotatable bonds is 2. The lowest BCUT2D eigenvalue weighted by Gasteiger charge is -2.04. The van der Waals surface area contributed by atoms with Crippen LogP contribution in [-0.2, 0) is 0 Å². The quantitative estimate of drug-likeness (QED) is 0.550. The third-order valence-electron chi connectivity index (χ3n) is 3.37. The molecule has 0 radical (unpaired) electrons. The van der Waals surface area contributed by atoms with Gasteiger partial charge in [0, 0.05) is 24.2 Å². The molecule has 3 N–H and O–H groups in total. The molecule has 6 nitrogen and oxygen atoms in total. The number of imidazole rings is 2. The van der Waals surface area contributed by atoms with Gasteiger partial charge < -0.3 is 10.7 Å². The van der Waals surface area contributed by atoms with Crippen molar-refractivity contribution in [3.05, 3.63) is 55.2 Å². The molecule has 3 aromatic heterocycles. The Kier molecular flexibility index (Phi) is 2.47. The largest absolute Gasteiger partial charge is 0.396 e. The monoisotopic (exact) mass is 276 g/mol. The Morgan fingerprint density at radius 3 is 2.81 bits per heavy atom. The third-order valence-corrected chi connectivity index (χ3v) is 3.37. The van der Waals surface area contributed by atoms with Gasteiger partial charge in [0.15, 0.2) is 0 Å². The molecule has 0 unspecified atom stereocenters. The molecule has 0 aliphatic heterocycles. The Morgan fingerprint density at radius 1 is 1.10 bits per heavy atom. The maximum atomic E-state index is 6.27. The average Bonchev–Trinajstić information content (AvgIpc) is 3.18. The topological polar surface area (TPSA) is 85.4 Å². The van der Waals surface area contributed by atoms with Crippen LogP contribution >= 0.6 is 0 Å². The minimum Gasteiger partial charge on any atom is -0.396 e. The molecular weight excluding hydrogens is 264 g/mol. The Hall–Kier alpha value is -3.15. The van der Waals surface area contributed by atoms with E-state index in [0.29, 0.717) is 11.6 Å². The molecular formula is C15H12N6. The van der Waals surface area contributed by atoms with Crippen LogP contribution in [-0.4, -0.2) is 24.5 Å². The van der Waals surface area contributed by atoms with Crippen molar-refractivity contribution in [3.8, 4) is 17.2 Å². The lowest BCUT2D eigenvalue weighted by molar-refractivity contribution is 0.967. The summed E-state index contributed by atoms with van der Waals surface area (Å²) in [6, 6.07) is 9.66. The molecule has 0 amide bonds. The number of H-pyrrole nitrogens is 1. The molecule has 0 saturated heterocycles. The van der Waals surface area contributed by atoms with Crippen LogP contribution in [0.25, 0.3) is 28.2 Å². The van der Waals surface area contributed by atoms with Crippen LogP contribution in [0.15, 0.2) is 55.2 Å². The van der Waals surface area contributed by atoms with Gasteiger partial charge in [0.25, 0.3) is 0 Å². The SMILES string of the molecule is Nc1c(-c2ccccn2)ccc2[nH]c(-n3ccnc3)nc12. The molecule has 1 aromatic carbocycles. The lowest BCUT2D eigenvalue weighted by Crippen LogP contribution is -1.94. The smallest absolute Gasteiger partial charge is 0.213 e. The van der Waals surface area contributed by atoms with Crippen LogP contribution in [0.3, 0.4) is 0 Å². The first-order chi connectivity index (χ1) is 10.3. The number of anilines is 1. The molecule has 21 heavy (non-hydrogen) atoms. The highest BCUT2D eigenvalue weighted by molar-refractivity contribution is 5.96. The first-order valence-corrected chi connectivity index (χ1v) is 6.51. The first kappa shape index (κ1) is 11.7. The number of aromatic nitrogens is 5. The average molecular weight is 276 g/mol. The van der Waals surface area contributed by atoms with Crippen molar-refractivity contribution >= 4 is 16.7 Å². The van der Waals surface area contributed by atoms with E-state index in [-0.39, 0.29) is 0 Å². The summed E-state index contributed by atoms with van der Waals surface area (Å²) in [6.07, 6.45) is 6.97. The number of nitrogens with zero attached hydrogens (tertiary/aromatic N) is 4. The van der Waals surface area contributed by atoms with E-state index >= 15 is 0 Å². The fourth-order valence-corrected chi connectivity index (χ4v) is 2.34. The molecule has 0 aliphatic rings. The van der Waals surface area contributed by atoms with Crippen molar-refractivity contribution < 1.29 is 0 Å². The van der Waals surface area contributed by atoms with Crippen LogP contribution < -0.4 is 5.73 Å². The minimum absolute atomic E-state index is 0.619. The summed E-state index contributed by atoms with van der Waals surface area (Å²) in [5.41, 5.74) is 10.2. The maximum Gasteiger partial charge on any atom is 0.213 e. The fourth-order valence-electron chi connectivity index (χ4n) is 2.34. The Balaban J connectivity index is 1.91. The zero-order chi connectivity index (χ0) is 14.2. The predicted octanol–water partition coefficient (Wildman–Crippen LogP) is 2.39. The van der Waals surface area contributed by atoms with Gasteiger partial charge in [0.2, 0.25) is 5.95 Å². The van der Waals surface area contributed by atoms with Gasteiger partial charge in [-0.15, -0.1) is 0 Å². The highest BCUT2D eigenvalue weighted by Gasteiger charge is 2.12. The number of hydrogen-bond acceptors (Lipinski definition) is 4. The Labute approximate surface area is 120 Å². The van der Waals surface area contributed by atoms with Crippen molar-refractivity contribution in [1.82, 2.24) is 24.5 Å². The number of pyridine rings is 1. The fraction of sp³-hybridized carbons (Fsp3) is 0. The van der Waals surface area contributed by atoms with Crippen molar-refractivity contribution in [2.45, 2.75) is 0 Å². The summed E-state index contributed by atoms with van der Waals surface area (Å²) < 4.78 is 1.81. The normalized spacial score (nSPS) is 11.0. The molecule has 0 saturated carbocycles. The van der Waals surface area contributed by atoms with Gasteiger partial charge in [0.1, 0.15) is 11.8 Å². The van der Waals surface area contributed by atoms with Crippen LogP contribution in [0.4, 0.5) is 5.69 Å². The molecule has 4 aromatic rings. The van der Waals surface area contributed by atoms with E-state index in [1.807, 2.05) is 36.5 Å². The van der Waals surface area contributed by atoms with Gasteiger partial charge in [-0.3, -0.25) is 9.55 Å². The summed E-state index contributed by atoms with van der Waals surface area (Å²) >= 11 is 0. The van der Waals surface area contributed by atoms with Gasteiger partial charge in [-0.05, 0) is 24.3 Å². The minimum atomic E-state index is 0.619. The van der Waals surface area contributed by atoms with E-state index in [4.69, 9.17) is 5.73 Å². The molecule has 0 aliphatic carbocycles. The molecule has 0 bridgehead atoms. The Morgan fingerprint density at radius 2 is 2.05 bits per heavy atom. The predicted molar refractivity (Wildman–Crippen MR) is 80.9 cm³/mol. The molecule has 0 atom stereocenters. The Bertz CT molecular complexity index is 893. The molecule has 102 valence electrons. The number of nitrogens with one attached hydrogen (secondary N) is 1. The number of aromatic amines is 1. The zero-order valence-electron chi connectivity index (χ0n) is 11.1. The second-order valence-corrected chi connectivity index (χ2v) is 4.67. The summed E-state index contributed by atoms with van der Waals surface area (Å²) in [7, 11) is 0. The molecule has 3 heterocycles. The second-order valence-electron chi connectivity index (χ2n) is 4.67. The summed E-state index contributed by atoms with van der Waals surface area (Å²) in [6.45, 7) is 0. The van der Waals surface area contributed by atoms with Crippen molar-refractivity contribution in [2.24, 2.45) is 0 Å². The zero-order valence-corrected chi connectivity index (χ0v) is 11.1. The van der Waals surface area contributed by atoms with Crippen molar-refractivity contribution in [2.75, 3.05) is 5.73 Å². The third kappa shape index (κ3) is 1.85. The molecule has 4 rings (SSSR count). The van der Waals surface area contributed by atoms with Gasteiger partial charge in [-0.25, -0.2) is 9.97 Å². The van der Waals surface area contributed by atoms with Crippen LogP contribution in [0.2, 0.25) is 0 Å². The highest BCUT2D eigenvalue weighted by Crippen LogP contribution is 2.30. The molecule has 0 fully saturated rings. The van der Waals surface area contributed by atoms with Gasteiger partial charge in [-0.2, -0.15) is 0 Å². The number of nitrogens with two attached hydrogens (primary N) is 1. The lowest BCUT2D eigenvalue weighted by atomic mass is 10.1. The number of hydrogen-bond donors (Lipinski definition) is 2. The van der Waals surface area contributed by atoms with E-state index in [1.54, 1.807) is 23.3 Å². The summed E-state index contributed by atoms with van der Waals surface area (Å²) in [5, 5.41) is 0. The maximum absolute atomic E-state index is 6.27. The van der Waals surface area contributed by atoms with Crippen LogP contribution in [0, 0.1) is 0 Å². The van der Waals surface area contributed by atoms with Gasteiger partial charge in [0.05, 0.1) is 16.9 Å². The van der Waals surface area contributed by atoms with Gasteiger partial charge >= 0.3 is 0 Å². The standard InChI is InChI=1S/C15H12N6/c16-13-10(11-3-1-2-6-18-11)4-5-12-14(13)20-15(19-12)21-8-7-17-9-21/h1-9H,16H2,(H,19,20). The highest BCUT2D eigenvalue weighted by atomic mass is 15.2. The molecule has 0 spiro atoms. The van der Waals surface area contributed by atoms with Crippen molar-refractivity contribution in [1.29, 1.82) is 0 Å². The van der Waals surface area contributed by atoms with Crippen LogP contribution in [0.1, 0.15) is 0 Å². The molecule has 6 heteroatoms. The number of fused-ring (bicyclic) bond motifs is 1. The summed E-state index contributed by atoms with van der Waals surface area (Å²) in [5.74, 6) is 0.687. The van der Waals surface area contributed by atoms with E-state index in [2.05, 4.69) is 19.9 Å². The van der Waals surface area contributed by atoms with E-state index < -0.39 is 0 Å². The van der Waals surface area contributed by atoms with E-state index in [9.17, 15) is 0 Å². The summed E-state index contributed by atoms with van der Waals surface area (Å²) in [4.78, 5) is 16.1. The number of nitrogen functional groups attached to an aromatic ring is 1. The van der Waals surface area contributed by atoms with Crippen LogP contribution in [0.5, 0.6) is 0 Å². The van der Waals surface area contributed by atoms with Crippen molar-refractivity contribution in [3.63, 3.8) is 0 Å². The van der Waals surface area contributed by atoms with Gasteiger partial charge in [-0.1, -0.05) is 6.07 Å². The van der Waals surface area contributed by atoms with E-state index in [1.165, 1.54) is 0 Å². The first-order valence-electron chi connectivity index (χ1n) is 6.51.